The van der Waals surface area contributed by atoms with Crippen LogP contribution in [0.3, 0.4) is 0 Å². The number of nitrogens with zero attached hydrogens (tertiary/aromatic N) is 2. The minimum atomic E-state index is -0.473. The summed E-state index contributed by atoms with van der Waals surface area (Å²) in [5, 5.41) is 13.3. The van der Waals surface area contributed by atoms with Crippen molar-refractivity contribution in [1.82, 2.24) is 10.1 Å². The second-order valence-electron chi connectivity index (χ2n) is 7.03. The highest BCUT2D eigenvalue weighted by atomic mass is 16.5. The molecular weight excluding hydrogens is 344 g/mol. The van der Waals surface area contributed by atoms with Crippen LogP contribution in [-0.2, 0) is 22.6 Å². The zero-order chi connectivity index (χ0) is 18.9. The van der Waals surface area contributed by atoms with E-state index in [4.69, 9.17) is 9.26 Å². The van der Waals surface area contributed by atoms with Crippen LogP contribution in [0.5, 0.6) is 5.75 Å². The van der Waals surface area contributed by atoms with Gasteiger partial charge in [-0.05, 0) is 55.5 Å². The van der Waals surface area contributed by atoms with E-state index in [1.165, 1.54) is 0 Å². The Labute approximate surface area is 156 Å². The summed E-state index contributed by atoms with van der Waals surface area (Å²) in [5.74, 6) is 0.747. The van der Waals surface area contributed by atoms with Gasteiger partial charge in [0, 0.05) is 5.56 Å². The maximum atomic E-state index is 12.5. The van der Waals surface area contributed by atoms with Crippen LogP contribution in [0.4, 0.5) is 0 Å². The van der Waals surface area contributed by atoms with E-state index in [-0.39, 0.29) is 18.3 Å². The molecule has 6 nitrogen and oxygen atoms in total. The molecule has 1 aliphatic rings. The molecule has 1 aromatic heterocycles. The third-order valence-corrected chi connectivity index (χ3v) is 4.94. The van der Waals surface area contributed by atoms with Crippen LogP contribution in [0.2, 0.25) is 0 Å². The molecule has 1 saturated carbocycles. The first kappa shape index (κ1) is 17.3. The van der Waals surface area contributed by atoms with Gasteiger partial charge in [-0.25, -0.2) is 0 Å². The minimum absolute atomic E-state index is 0.00839. The molecule has 1 heterocycles. The van der Waals surface area contributed by atoms with Crippen molar-refractivity contribution in [2.75, 3.05) is 0 Å². The summed E-state index contributed by atoms with van der Waals surface area (Å²) in [6.07, 6.45) is 2.20. The number of carbonyl (C=O) groups excluding carboxylic acids is 1. The Morgan fingerprint density at radius 2 is 1.93 bits per heavy atom. The summed E-state index contributed by atoms with van der Waals surface area (Å²) in [6, 6.07) is 14.7. The summed E-state index contributed by atoms with van der Waals surface area (Å²) < 4.78 is 10.8. The van der Waals surface area contributed by atoms with Crippen LogP contribution in [0.15, 0.2) is 53.1 Å². The average molecular weight is 364 g/mol. The molecule has 6 heteroatoms. The number of benzene rings is 2. The number of aryl methyl sites for hydroxylation is 1. The van der Waals surface area contributed by atoms with E-state index < -0.39 is 5.41 Å². The fourth-order valence-corrected chi connectivity index (χ4v) is 3.13. The molecule has 0 unspecified atom stereocenters. The lowest BCUT2D eigenvalue weighted by Gasteiger charge is -2.13. The fourth-order valence-electron chi connectivity index (χ4n) is 3.13. The molecule has 0 saturated heterocycles. The number of rotatable bonds is 6. The second kappa shape index (κ2) is 6.87. The van der Waals surface area contributed by atoms with Gasteiger partial charge >= 0.3 is 5.97 Å². The molecule has 4 rings (SSSR count). The third kappa shape index (κ3) is 3.69. The van der Waals surface area contributed by atoms with Gasteiger partial charge in [0.05, 0.1) is 5.41 Å². The predicted octanol–water partition coefficient (Wildman–Crippen LogP) is 3.82. The smallest absolute Gasteiger partial charge is 0.312 e. The molecule has 1 N–H and O–H groups in total. The molecule has 138 valence electrons. The first-order chi connectivity index (χ1) is 13.1. The Morgan fingerprint density at radius 1 is 1.19 bits per heavy atom. The highest BCUT2D eigenvalue weighted by Gasteiger charge is 2.51. The summed E-state index contributed by atoms with van der Waals surface area (Å²) in [5.41, 5.74) is 2.44. The van der Waals surface area contributed by atoms with Crippen molar-refractivity contribution in [3.63, 3.8) is 0 Å². The number of hydrogen-bond donors (Lipinski definition) is 1. The normalized spacial score (nSPS) is 14.7. The highest BCUT2D eigenvalue weighted by Crippen LogP contribution is 2.49. The highest BCUT2D eigenvalue weighted by molar-refractivity contribution is 5.80. The zero-order valence-corrected chi connectivity index (χ0v) is 15.0. The van der Waals surface area contributed by atoms with E-state index in [0.717, 1.165) is 29.5 Å². The van der Waals surface area contributed by atoms with Crippen LogP contribution in [0.1, 0.15) is 29.8 Å². The van der Waals surface area contributed by atoms with Crippen molar-refractivity contribution < 1.29 is 19.2 Å². The van der Waals surface area contributed by atoms with Gasteiger partial charge < -0.3 is 14.4 Å². The number of carbonyl (C=O) groups is 1. The van der Waals surface area contributed by atoms with Gasteiger partial charge in [0.15, 0.2) is 6.61 Å². The maximum absolute atomic E-state index is 12.5. The molecular formula is C21H20N2O4. The fraction of sp³-hybridized carbons (Fsp3) is 0.286. The van der Waals surface area contributed by atoms with Gasteiger partial charge in [-0.1, -0.05) is 35.5 Å². The Morgan fingerprint density at radius 3 is 2.63 bits per heavy atom. The molecule has 27 heavy (non-hydrogen) atoms. The lowest BCUT2D eigenvalue weighted by molar-refractivity contribution is -0.151. The SMILES string of the molecule is Cc1ccccc1-c1nc(COC(=O)C2(Cc3ccc(O)cc3)CC2)no1. The number of aromatic nitrogens is 2. The Hall–Kier alpha value is -3.15. The van der Waals surface area contributed by atoms with E-state index in [2.05, 4.69) is 10.1 Å². The van der Waals surface area contributed by atoms with E-state index in [1.54, 1.807) is 12.1 Å². The van der Waals surface area contributed by atoms with E-state index in [9.17, 15) is 9.90 Å². The van der Waals surface area contributed by atoms with Gasteiger partial charge in [0.2, 0.25) is 5.82 Å². The quantitative estimate of drug-likeness (QED) is 0.669. The van der Waals surface area contributed by atoms with Crippen molar-refractivity contribution in [3.05, 3.63) is 65.5 Å². The Kier molecular flexibility index (Phi) is 4.39. The molecule has 0 radical (unpaired) electrons. The molecule has 1 fully saturated rings. The lowest BCUT2D eigenvalue weighted by atomic mass is 9.96. The summed E-state index contributed by atoms with van der Waals surface area (Å²) >= 11 is 0. The summed E-state index contributed by atoms with van der Waals surface area (Å²) in [4.78, 5) is 16.9. The monoisotopic (exact) mass is 364 g/mol. The van der Waals surface area contributed by atoms with E-state index >= 15 is 0 Å². The van der Waals surface area contributed by atoms with Crippen LogP contribution in [0, 0.1) is 12.3 Å². The van der Waals surface area contributed by atoms with Crippen molar-refractivity contribution >= 4 is 5.97 Å². The largest absolute Gasteiger partial charge is 0.508 e. The van der Waals surface area contributed by atoms with Gasteiger partial charge in [0.1, 0.15) is 5.75 Å². The molecule has 0 spiro atoms. The number of phenols is 1. The maximum Gasteiger partial charge on any atom is 0.312 e. The number of ether oxygens (including phenoxy) is 1. The zero-order valence-electron chi connectivity index (χ0n) is 15.0. The lowest BCUT2D eigenvalue weighted by Crippen LogP contribution is -2.21. The second-order valence-corrected chi connectivity index (χ2v) is 7.03. The van der Waals surface area contributed by atoms with Crippen molar-refractivity contribution in [2.24, 2.45) is 5.41 Å². The molecule has 0 bridgehead atoms. The van der Waals surface area contributed by atoms with E-state index in [0.29, 0.717) is 18.1 Å². The van der Waals surface area contributed by atoms with Gasteiger partial charge in [-0.3, -0.25) is 4.79 Å². The predicted molar refractivity (Wildman–Crippen MR) is 97.7 cm³/mol. The first-order valence-corrected chi connectivity index (χ1v) is 8.89. The molecule has 3 aromatic rings. The van der Waals surface area contributed by atoms with Gasteiger partial charge in [-0.15, -0.1) is 0 Å². The topological polar surface area (TPSA) is 85.5 Å². The van der Waals surface area contributed by atoms with Crippen LogP contribution < -0.4 is 0 Å². The standard InChI is InChI=1S/C21H20N2O4/c1-14-4-2-3-5-17(14)19-22-18(23-27-19)13-26-20(25)21(10-11-21)12-15-6-8-16(24)9-7-15/h2-9,24H,10-13H2,1H3. The molecule has 0 amide bonds. The Balaban J connectivity index is 1.38. The van der Waals surface area contributed by atoms with Gasteiger partial charge in [0.25, 0.3) is 5.89 Å². The van der Waals surface area contributed by atoms with Crippen molar-refractivity contribution in [1.29, 1.82) is 0 Å². The number of hydrogen-bond acceptors (Lipinski definition) is 6. The van der Waals surface area contributed by atoms with Crippen LogP contribution >= 0.6 is 0 Å². The van der Waals surface area contributed by atoms with Crippen LogP contribution in [0.25, 0.3) is 11.5 Å². The molecule has 1 aliphatic carbocycles. The third-order valence-electron chi connectivity index (χ3n) is 4.94. The van der Waals surface area contributed by atoms with Crippen LogP contribution in [-0.4, -0.2) is 21.2 Å². The van der Waals surface area contributed by atoms with Crippen molar-refractivity contribution in [2.45, 2.75) is 32.8 Å². The molecule has 0 aliphatic heterocycles. The summed E-state index contributed by atoms with van der Waals surface area (Å²) in [6.45, 7) is 1.96. The Bertz CT molecular complexity index is 958. The van der Waals surface area contributed by atoms with Crippen molar-refractivity contribution in [3.8, 4) is 17.2 Å². The minimum Gasteiger partial charge on any atom is -0.508 e. The van der Waals surface area contributed by atoms with E-state index in [1.807, 2.05) is 43.3 Å². The average Bonchev–Trinajstić information content (AvgIpc) is 3.30. The number of aromatic hydroxyl groups is 1. The number of esters is 1. The first-order valence-electron chi connectivity index (χ1n) is 8.89. The summed E-state index contributed by atoms with van der Waals surface area (Å²) in [7, 11) is 0. The van der Waals surface area contributed by atoms with Gasteiger partial charge in [-0.2, -0.15) is 4.98 Å². The number of phenolic OH excluding ortho intramolecular Hbond substituents is 1. The molecule has 2 aromatic carbocycles. The molecule has 0 atom stereocenters.